The van der Waals surface area contributed by atoms with Crippen LogP contribution in [0.3, 0.4) is 0 Å². The van der Waals surface area contributed by atoms with Gasteiger partial charge in [-0.3, -0.25) is 4.79 Å². The van der Waals surface area contributed by atoms with Crippen molar-refractivity contribution in [3.8, 4) is 5.75 Å². The van der Waals surface area contributed by atoms with Gasteiger partial charge in [0, 0.05) is 14.1 Å². The second kappa shape index (κ2) is 8.41. The zero-order valence-corrected chi connectivity index (χ0v) is 16.7. The van der Waals surface area contributed by atoms with Gasteiger partial charge in [0.1, 0.15) is 5.75 Å². The van der Waals surface area contributed by atoms with Gasteiger partial charge in [0.15, 0.2) is 6.61 Å². The summed E-state index contributed by atoms with van der Waals surface area (Å²) in [7, 11) is -0.299. The maximum Gasteiger partial charge on any atom is 0.262 e. The number of primary sulfonamides is 1. The van der Waals surface area contributed by atoms with Gasteiger partial charge in [-0.15, -0.1) is 0 Å². The number of nitrogens with two attached hydrogens (primary N) is 1. The van der Waals surface area contributed by atoms with Gasteiger partial charge in [-0.05, 0) is 41.8 Å². The predicted molar refractivity (Wildman–Crippen MR) is 107 cm³/mol. The number of benzene rings is 2. The number of carbonyl (C=O) groups excluding carboxylic acids is 1. The van der Waals surface area contributed by atoms with Crippen LogP contribution in [-0.2, 0) is 14.8 Å². The topological polar surface area (TPSA) is 102 Å². The quantitative estimate of drug-likeness (QED) is 0.755. The van der Waals surface area contributed by atoms with Crippen molar-refractivity contribution in [2.75, 3.05) is 30.9 Å². The number of hydrogen-bond acceptors (Lipinski definition) is 5. The molecule has 27 heavy (non-hydrogen) atoms. The van der Waals surface area contributed by atoms with Crippen molar-refractivity contribution in [3.63, 3.8) is 0 Å². The molecule has 0 heterocycles. The van der Waals surface area contributed by atoms with Crippen LogP contribution in [0.4, 0.5) is 11.4 Å². The molecule has 0 aliphatic rings. The number of nitrogens with one attached hydrogen (secondary N) is 1. The van der Waals surface area contributed by atoms with Gasteiger partial charge in [-0.2, -0.15) is 0 Å². The Kier molecular flexibility index (Phi) is 6.45. The number of sulfonamides is 1. The maximum absolute atomic E-state index is 12.3. The highest BCUT2D eigenvalue weighted by molar-refractivity contribution is 7.89. The molecule has 2 aromatic rings. The van der Waals surface area contributed by atoms with Gasteiger partial charge >= 0.3 is 0 Å². The van der Waals surface area contributed by atoms with Gasteiger partial charge in [-0.1, -0.05) is 26.0 Å². The molecule has 0 spiro atoms. The predicted octanol–water partition coefficient (Wildman–Crippen LogP) is 2.54. The molecule has 0 aliphatic carbocycles. The molecular formula is C19H25N3O4S. The van der Waals surface area contributed by atoms with Crippen LogP contribution in [0.2, 0.25) is 0 Å². The minimum atomic E-state index is -3.87. The molecule has 0 aliphatic heterocycles. The Morgan fingerprint density at radius 1 is 1.15 bits per heavy atom. The second-order valence-corrected chi connectivity index (χ2v) is 8.24. The first-order valence-corrected chi connectivity index (χ1v) is 9.99. The van der Waals surface area contributed by atoms with Crippen LogP contribution in [0.25, 0.3) is 0 Å². The first-order chi connectivity index (χ1) is 12.6. The summed E-state index contributed by atoms with van der Waals surface area (Å²) in [6, 6.07) is 11.9. The molecule has 0 unspecified atom stereocenters. The number of anilines is 2. The molecule has 3 N–H and O–H groups in total. The van der Waals surface area contributed by atoms with Crippen molar-refractivity contribution in [1.29, 1.82) is 0 Å². The third-order valence-electron chi connectivity index (χ3n) is 3.97. The van der Waals surface area contributed by atoms with Gasteiger partial charge in [0.05, 0.1) is 16.3 Å². The normalized spacial score (nSPS) is 11.3. The van der Waals surface area contributed by atoms with Crippen LogP contribution >= 0.6 is 0 Å². The SMILES string of the molecule is CC(C)c1ccc(OCC(=O)Nc2cc(S(N)(=O)=O)ccc2N(C)C)cc1. The van der Waals surface area contributed by atoms with Crippen molar-refractivity contribution in [1.82, 2.24) is 0 Å². The van der Waals surface area contributed by atoms with Crippen LogP contribution in [0.1, 0.15) is 25.3 Å². The number of nitrogens with zero attached hydrogens (tertiary/aromatic N) is 1. The highest BCUT2D eigenvalue weighted by Gasteiger charge is 2.15. The Bertz CT molecular complexity index is 907. The van der Waals surface area contributed by atoms with Crippen LogP contribution in [0, 0.1) is 0 Å². The third-order valence-corrected chi connectivity index (χ3v) is 4.88. The number of rotatable bonds is 7. The van der Waals surface area contributed by atoms with Crippen molar-refractivity contribution < 1.29 is 17.9 Å². The van der Waals surface area contributed by atoms with Gasteiger partial charge < -0.3 is 15.0 Å². The summed E-state index contributed by atoms with van der Waals surface area (Å²) in [6.07, 6.45) is 0. The van der Waals surface area contributed by atoms with Crippen LogP contribution in [-0.4, -0.2) is 35.0 Å². The molecular weight excluding hydrogens is 366 g/mol. The largest absolute Gasteiger partial charge is 0.484 e. The van der Waals surface area contributed by atoms with E-state index in [-0.39, 0.29) is 11.5 Å². The Morgan fingerprint density at radius 2 is 1.78 bits per heavy atom. The smallest absolute Gasteiger partial charge is 0.262 e. The van der Waals surface area contributed by atoms with E-state index >= 15 is 0 Å². The molecule has 146 valence electrons. The molecule has 2 aromatic carbocycles. The lowest BCUT2D eigenvalue weighted by Gasteiger charge is -2.19. The van der Waals surface area contributed by atoms with Gasteiger partial charge in [0.2, 0.25) is 10.0 Å². The molecule has 0 saturated carbocycles. The summed E-state index contributed by atoms with van der Waals surface area (Å²) in [5.41, 5.74) is 2.18. The molecule has 0 bridgehead atoms. The van der Waals surface area contributed by atoms with E-state index in [4.69, 9.17) is 9.88 Å². The van der Waals surface area contributed by atoms with E-state index in [9.17, 15) is 13.2 Å². The first kappa shape index (κ1) is 20.7. The molecule has 8 heteroatoms. The molecule has 0 aromatic heterocycles. The van der Waals surface area contributed by atoms with E-state index in [1.54, 1.807) is 25.1 Å². The van der Waals surface area contributed by atoms with Gasteiger partial charge in [-0.25, -0.2) is 13.6 Å². The fourth-order valence-electron chi connectivity index (χ4n) is 2.47. The summed E-state index contributed by atoms with van der Waals surface area (Å²) in [5.74, 6) is 0.594. The Hall–Kier alpha value is -2.58. The summed E-state index contributed by atoms with van der Waals surface area (Å²) in [6.45, 7) is 4.00. The molecule has 7 nitrogen and oxygen atoms in total. The average molecular weight is 391 g/mol. The highest BCUT2D eigenvalue weighted by Crippen LogP contribution is 2.27. The van der Waals surface area contributed by atoms with E-state index in [2.05, 4.69) is 19.2 Å². The summed E-state index contributed by atoms with van der Waals surface area (Å²) >= 11 is 0. The molecule has 0 saturated heterocycles. The zero-order valence-electron chi connectivity index (χ0n) is 15.9. The molecule has 0 atom stereocenters. The second-order valence-electron chi connectivity index (χ2n) is 6.68. The van der Waals surface area contributed by atoms with E-state index in [0.717, 1.165) is 0 Å². The molecule has 1 amide bonds. The molecule has 0 radical (unpaired) electrons. The monoisotopic (exact) mass is 391 g/mol. The lowest BCUT2D eigenvalue weighted by atomic mass is 10.0. The van der Waals surface area contributed by atoms with E-state index in [1.807, 2.05) is 24.3 Å². The van der Waals surface area contributed by atoms with Crippen LogP contribution in [0.15, 0.2) is 47.4 Å². The Balaban J connectivity index is 2.10. The molecule has 0 fully saturated rings. The zero-order chi connectivity index (χ0) is 20.2. The number of carbonyl (C=O) groups is 1. The van der Waals surface area contributed by atoms with E-state index in [1.165, 1.54) is 17.7 Å². The van der Waals surface area contributed by atoms with E-state index in [0.29, 0.717) is 23.0 Å². The highest BCUT2D eigenvalue weighted by atomic mass is 32.2. The standard InChI is InChI=1S/C19H25N3O4S/c1-13(2)14-5-7-15(8-6-14)26-12-19(23)21-17-11-16(27(20,24)25)9-10-18(17)22(3)4/h5-11,13H,12H2,1-4H3,(H,21,23)(H2,20,24,25). The number of ether oxygens (including phenoxy) is 1. The average Bonchev–Trinajstić information content (AvgIpc) is 2.59. The summed E-state index contributed by atoms with van der Waals surface area (Å²) in [4.78, 5) is 13.9. The fraction of sp³-hybridized carbons (Fsp3) is 0.316. The first-order valence-electron chi connectivity index (χ1n) is 8.44. The third kappa shape index (κ3) is 5.70. The number of hydrogen-bond donors (Lipinski definition) is 2. The van der Waals surface area contributed by atoms with Crippen LogP contribution < -0.4 is 20.1 Å². The van der Waals surface area contributed by atoms with Crippen molar-refractivity contribution >= 4 is 27.3 Å². The van der Waals surface area contributed by atoms with Gasteiger partial charge in [0.25, 0.3) is 5.91 Å². The Morgan fingerprint density at radius 3 is 2.30 bits per heavy atom. The maximum atomic E-state index is 12.3. The fourth-order valence-corrected chi connectivity index (χ4v) is 3.01. The minimum Gasteiger partial charge on any atom is -0.484 e. The Labute approximate surface area is 160 Å². The van der Waals surface area contributed by atoms with Crippen molar-refractivity contribution in [2.24, 2.45) is 5.14 Å². The van der Waals surface area contributed by atoms with E-state index < -0.39 is 15.9 Å². The molecule has 2 rings (SSSR count). The van der Waals surface area contributed by atoms with Crippen molar-refractivity contribution in [3.05, 3.63) is 48.0 Å². The number of amides is 1. The summed E-state index contributed by atoms with van der Waals surface area (Å²) in [5, 5.41) is 7.85. The lowest BCUT2D eigenvalue weighted by Crippen LogP contribution is -2.23. The minimum absolute atomic E-state index is 0.0754. The lowest BCUT2D eigenvalue weighted by molar-refractivity contribution is -0.118. The summed E-state index contributed by atoms with van der Waals surface area (Å²) < 4.78 is 28.6. The van der Waals surface area contributed by atoms with Crippen LogP contribution in [0.5, 0.6) is 5.75 Å². The van der Waals surface area contributed by atoms with Crippen molar-refractivity contribution in [2.45, 2.75) is 24.7 Å².